The summed E-state index contributed by atoms with van der Waals surface area (Å²) in [6.45, 7) is 2.80. The van der Waals surface area contributed by atoms with E-state index in [9.17, 15) is 0 Å². The third-order valence-electron chi connectivity index (χ3n) is 2.94. The molecule has 20 heavy (non-hydrogen) atoms. The van der Waals surface area contributed by atoms with Crippen LogP contribution < -0.4 is 10.1 Å². The van der Waals surface area contributed by atoms with E-state index in [2.05, 4.69) is 78.2 Å². The molecule has 0 aliphatic rings. The molecule has 2 nitrogen and oxygen atoms in total. The largest absolute Gasteiger partial charge is 0.495 e. The third-order valence-corrected chi connectivity index (χ3v) is 5.27. The van der Waals surface area contributed by atoms with Gasteiger partial charge in [0.05, 0.1) is 12.8 Å². The molecule has 1 N–H and O–H groups in total. The second-order valence-electron chi connectivity index (χ2n) is 4.40. The van der Waals surface area contributed by atoms with Crippen molar-refractivity contribution in [2.75, 3.05) is 12.4 Å². The van der Waals surface area contributed by atoms with Gasteiger partial charge in [0, 0.05) is 20.0 Å². The summed E-state index contributed by atoms with van der Waals surface area (Å²) in [5.74, 6) is 0.841. The highest BCUT2D eigenvalue weighted by molar-refractivity contribution is 9.13. The van der Waals surface area contributed by atoms with Crippen molar-refractivity contribution in [1.82, 2.24) is 0 Å². The summed E-state index contributed by atoms with van der Waals surface area (Å²) in [4.78, 5) is 0. The molecule has 0 saturated heterocycles. The smallest absolute Gasteiger partial charge is 0.143 e. The third kappa shape index (κ3) is 3.77. The maximum atomic E-state index is 5.43. The maximum Gasteiger partial charge on any atom is 0.143 e. The van der Waals surface area contributed by atoms with Crippen LogP contribution >= 0.6 is 47.8 Å². The molecule has 0 heterocycles. The summed E-state index contributed by atoms with van der Waals surface area (Å²) in [5, 5.41) is 3.44. The molecule has 0 bridgehead atoms. The number of anilines is 1. The van der Waals surface area contributed by atoms with Gasteiger partial charge in [-0.1, -0.05) is 22.0 Å². The Morgan fingerprint density at radius 1 is 1.05 bits per heavy atom. The first-order chi connectivity index (χ1) is 9.51. The first-order valence-corrected chi connectivity index (χ1v) is 8.41. The Hall–Kier alpha value is -0.520. The number of benzene rings is 2. The Morgan fingerprint density at radius 3 is 2.45 bits per heavy atom. The molecular formula is C15H14Br3NO. The lowest BCUT2D eigenvalue weighted by molar-refractivity contribution is 0.416. The van der Waals surface area contributed by atoms with Gasteiger partial charge >= 0.3 is 0 Å². The normalized spacial score (nSPS) is 10.4. The highest BCUT2D eigenvalue weighted by Crippen LogP contribution is 2.32. The van der Waals surface area contributed by atoms with E-state index >= 15 is 0 Å². The summed E-state index contributed by atoms with van der Waals surface area (Å²) >= 11 is 10.5. The number of hydrogen-bond acceptors (Lipinski definition) is 2. The molecule has 0 aliphatic heterocycles. The monoisotopic (exact) mass is 461 g/mol. The predicted octanol–water partition coefficient (Wildman–Crippen LogP) is 5.90. The molecule has 0 fully saturated rings. The van der Waals surface area contributed by atoms with Crippen molar-refractivity contribution in [3.8, 4) is 5.75 Å². The first-order valence-electron chi connectivity index (χ1n) is 6.03. The van der Waals surface area contributed by atoms with Crippen LogP contribution in [0, 0.1) is 6.92 Å². The van der Waals surface area contributed by atoms with Crippen molar-refractivity contribution in [2.45, 2.75) is 13.5 Å². The van der Waals surface area contributed by atoms with E-state index in [0.717, 1.165) is 37.0 Å². The van der Waals surface area contributed by atoms with Crippen molar-refractivity contribution < 1.29 is 4.74 Å². The van der Waals surface area contributed by atoms with E-state index in [0.29, 0.717) is 0 Å². The molecule has 2 aromatic carbocycles. The molecule has 0 radical (unpaired) electrons. The SMILES string of the molecule is COc1cc(Br)cc(C)c1NCc1ccc(Br)c(Br)c1. The highest BCUT2D eigenvalue weighted by atomic mass is 79.9. The lowest BCUT2D eigenvalue weighted by Gasteiger charge is -2.15. The Morgan fingerprint density at radius 2 is 1.80 bits per heavy atom. The van der Waals surface area contributed by atoms with Crippen LogP contribution in [-0.4, -0.2) is 7.11 Å². The molecule has 106 valence electrons. The van der Waals surface area contributed by atoms with Gasteiger partial charge in [0.1, 0.15) is 5.75 Å². The fourth-order valence-corrected chi connectivity index (χ4v) is 3.16. The minimum absolute atomic E-state index is 0.741. The van der Waals surface area contributed by atoms with Crippen LogP contribution in [-0.2, 0) is 6.54 Å². The fourth-order valence-electron chi connectivity index (χ4n) is 1.94. The molecule has 0 unspecified atom stereocenters. The number of halogens is 3. The second kappa shape index (κ2) is 6.96. The van der Waals surface area contributed by atoms with Gasteiger partial charge in [0.15, 0.2) is 0 Å². The zero-order valence-corrected chi connectivity index (χ0v) is 15.9. The highest BCUT2D eigenvalue weighted by Gasteiger charge is 2.08. The van der Waals surface area contributed by atoms with Crippen molar-refractivity contribution in [1.29, 1.82) is 0 Å². The minimum atomic E-state index is 0.741. The van der Waals surface area contributed by atoms with Crippen molar-refractivity contribution in [3.63, 3.8) is 0 Å². The van der Waals surface area contributed by atoms with Gasteiger partial charge in [0.2, 0.25) is 0 Å². The van der Waals surface area contributed by atoms with Crippen LogP contribution in [0.15, 0.2) is 43.7 Å². The number of ether oxygens (including phenoxy) is 1. The molecule has 0 amide bonds. The molecule has 0 atom stereocenters. The minimum Gasteiger partial charge on any atom is -0.495 e. The van der Waals surface area contributed by atoms with Gasteiger partial charge in [-0.15, -0.1) is 0 Å². The van der Waals surface area contributed by atoms with E-state index in [-0.39, 0.29) is 0 Å². The lowest BCUT2D eigenvalue weighted by Crippen LogP contribution is -2.03. The number of methoxy groups -OCH3 is 1. The Kier molecular flexibility index (Phi) is 5.52. The van der Waals surface area contributed by atoms with Crippen LogP contribution in [0.2, 0.25) is 0 Å². The predicted molar refractivity (Wildman–Crippen MR) is 94.6 cm³/mol. The van der Waals surface area contributed by atoms with Gasteiger partial charge < -0.3 is 10.1 Å². The molecule has 0 saturated carbocycles. The molecule has 2 rings (SSSR count). The number of rotatable bonds is 4. The molecule has 5 heteroatoms. The average molecular weight is 464 g/mol. The second-order valence-corrected chi connectivity index (χ2v) is 7.03. The van der Waals surface area contributed by atoms with Gasteiger partial charge in [-0.3, -0.25) is 0 Å². The van der Waals surface area contributed by atoms with E-state index in [4.69, 9.17) is 4.74 Å². The summed E-state index contributed by atoms with van der Waals surface area (Å²) in [6, 6.07) is 10.3. The van der Waals surface area contributed by atoms with Gasteiger partial charge in [-0.05, 0) is 74.2 Å². The van der Waals surface area contributed by atoms with E-state index in [1.807, 2.05) is 12.1 Å². The zero-order chi connectivity index (χ0) is 14.7. The van der Waals surface area contributed by atoms with Crippen molar-refractivity contribution >= 4 is 53.5 Å². The molecule has 2 aromatic rings. The number of aryl methyl sites for hydroxylation is 1. The summed E-state index contributed by atoms with van der Waals surface area (Å²) in [5.41, 5.74) is 3.37. The molecular weight excluding hydrogens is 450 g/mol. The maximum absolute atomic E-state index is 5.43. The molecule has 0 aromatic heterocycles. The first kappa shape index (κ1) is 15.9. The topological polar surface area (TPSA) is 21.3 Å². The fraction of sp³-hybridized carbons (Fsp3) is 0.200. The standard InChI is InChI=1S/C15H14Br3NO/c1-9-5-11(16)7-14(20-2)15(9)19-8-10-3-4-12(17)13(18)6-10/h3-7,19H,8H2,1-2H3. The summed E-state index contributed by atoms with van der Waals surface area (Å²) < 4.78 is 8.55. The van der Waals surface area contributed by atoms with E-state index in [1.54, 1.807) is 7.11 Å². The summed E-state index contributed by atoms with van der Waals surface area (Å²) in [6.07, 6.45) is 0. The Balaban J connectivity index is 2.20. The Labute approximate surface area is 144 Å². The van der Waals surface area contributed by atoms with Crippen LogP contribution in [0.3, 0.4) is 0 Å². The molecule has 0 spiro atoms. The number of hydrogen-bond donors (Lipinski definition) is 1. The zero-order valence-electron chi connectivity index (χ0n) is 11.1. The average Bonchev–Trinajstić information content (AvgIpc) is 2.40. The quantitative estimate of drug-likeness (QED) is 0.609. The van der Waals surface area contributed by atoms with Crippen molar-refractivity contribution in [2.24, 2.45) is 0 Å². The van der Waals surface area contributed by atoms with Crippen LogP contribution in [0.5, 0.6) is 5.75 Å². The lowest BCUT2D eigenvalue weighted by atomic mass is 10.1. The van der Waals surface area contributed by atoms with Gasteiger partial charge in [-0.25, -0.2) is 0 Å². The van der Waals surface area contributed by atoms with Crippen LogP contribution in [0.25, 0.3) is 0 Å². The van der Waals surface area contributed by atoms with Gasteiger partial charge in [0.25, 0.3) is 0 Å². The van der Waals surface area contributed by atoms with Crippen LogP contribution in [0.4, 0.5) is 5.69 Å². The summed E-state index contributed by atoms with van der Waals surface area (Å²) in [7, 11) is 1.68. The van der Waals surface area contributed by atoms with Gasteiger partial charge in [-0.2, -0.15) is 0 Å². The van der Waals surface area contributed by atoms with E-state index < -0.39 is 0 Å². The number of nitrogens with one attached hydrogen (secondary N) is 1. The van der Waals surface area contributed by atoms with Crippen LogP contribution in [0.1, 0.15) is 11.1 Å². The molecule has 0 aliphatic carbocycles. The Bertz CT molecular complexity index is 629. The van der Waals surface area contributed by atoms with E-state index in [1.165, 1.54) is 5.56 Å². The van der Waals surface area contributed by atoms with Crippen molar-refractivity contribution in [3.05, 3.63) is 54.9 Å².